The van der Waals surface area contributed by atoms with E-state index in [2.05, 4.69) is 10.1 Å². The van der Waals surface area contributed by atoms with Crippen LogP contribution in [0.3, 0.4) is 0 Å². The second kappa shape index (κ2) is 5.76. The van der Waals surface area contributed by atoms with E-state index in [4.69, 9.17) is 0 Å². The van der Waals surface area contributed by atoms with Gasteiger partial charge in [-0.25, -0.2) is 9.37 Å². The number of rotatable bonds is 2. The minimum atomic E-state index is -0.592. The molecular formula is C18H21N6O2+. The summed E-state index contributed by atoms with van der Waals surface area (Å²) < 4.78 is 1.91. The fraction of sp³-hybridized carbons (Fsp3) is 0.389. The van der Waals surface area contributed by atoms with E-state index in [1.807, 2.05) is 42.7 Å². The lowest BCUT2D eigenvalue weighted by Crippen LogP contribution is -2.63. The zero-order valence-electron chi connectivity index (χ0n) is 15.3. The number of carbonyl (C=O) groups is 2. The van der Waals surface area contributed by atoms with Crippen LogP contribution in [0.2, 0.25) is 0 Å². The van der Waals surface area contributed by atoms with Crippen molar-refractivity contribution < 1.29 is 14.2 Å². The number of urea groups is 1. The Balaban J connectivity index is 1.69. The Morgan fingerprint density at radius 3 is 2.73 bits per heavy atom. The molecule has 3 amide bonds. The van der Waals surface area contributed by atoms with E-state index in [9.17, 15) is 9.59 Å². The van der Waals surface area contributed by atoms with Crippen LogP contribution in [0, 0.1) is 6.92 Å². The maximum atomic E-state index is 13.2. The number of fused-ring (bicyclic) bond motifs is 2. The average molecular weight is 353 g/mol. The molecule has 0 saturated carbocycles. The van der Waals surface area contributed by atoms with Gasteiger partial charge in [0.2, 0.25) is 11.9 Å². The van der Waals surface area contributed by atoms with Crippen LogP contribution in [0.15, 0.2) is 34.4 Å². The third-order valence-corrected chi connectivity index (χ3v) is 4.82. The molecule has 1 saturated heterocycles. The molecule has 0 N–H and O–H groups in total. The average Bonchev–Trinajstić information content (AvgIpc) is 2.97. The van der Waals surface area contributed by atoms with Crippen molar-refractivity contribution in [2.24, 2.45) is 10.1 Å². The number of hydrogen-bond donors (Lipinski definition) is 0. The molecule has 0 aromatic heterocycles. The Morgan fingerprint density at radius 2 is 2.00 bits per heavy atom. The number of imide groups is 1. The number of likely N-dealkylation sites (N-methyl/N-ethyl adjacent to an activating group) is 1. The number of amidine groups is 1. The molecule has 4 rings (SSSR count). The highest BCUT2D eigenvalue weighted by atomic mass is 16.2. The number of hydrazone groups is 1. The van der Waals surface area contributed by atoms with Gasteiger partial charge in [0.05, 0.1) is 19.3 Å². The standard InChI is InChI=1S/C18H21N6O2/c1-11-6-5-7-13(8-11)10-24-16(25)14-15(21(3)18(24)26)19-17-22(4)20-12(2)9-23(14)17/h5-8,14H,9-10H2,1-4H3/q+1. The predicted molar refractivity (Wildman–Crippen MR) is 97.1 cm³/mol. The number of nitrogens with zero attached hydrogens (tertiary/aromatic N) is 6. The molecule has 1 aromatic rings. The number of carbonyl (C=O) groups excluding carboxylic acids is 2. The molecule has 1 atom stereocenters. The van der Waals surface area contributed by atoms with E-state index in [0.717, 1.165) is 16.8 Å². The molecule has 26 heavy (non-hydrogen) atoms. The third-order valence-electron chi connectivity index (χ3n) is 4.82. The Hall–Kier alpha value is -3.03. The topological polar surface area (TPSA) is 71.6 Å². The van der Waals surface area contributed by atoms with E-state index in [1.54, 1.807) is 19.1 Å². The van der Waals surface area contributed by atoms with Crippen molar-refractivity contribution in [3.05, 3.63) is 35.4 Å². The fourth-order valence-corrected chi connectivity index (χ4v) is 3.64. The lowest BCUT2D eigenvalue weighted by Gasteiger charge is -2.34. The van der Waals surface area contributed by atoms with E-state index in [-0.39, 0.29) is 18.5 Å². The molecule has 1 fully saturated rings. The number of aryl methyl sites for hydroxylation is 1. The van der Waals surface area contributed by atoms with Gasteiger partial charge in [-0.2, -0.15) is 0 Å². The van der Waals surface area contributed by atoms with Crippen LogP contribution in [0.25, 0.3) is 0 Å². The van der Waals surface area contributed by atoms with E-state index >= 15 is 0 Å². The molecule has 0 bridgehead atoms. The first-order chi connectivity index (χ1) is 12.4. The molecule has 8 heteroatoms. The van der Waals surface area contributed by atoms with Gasteiger partial charge in [0.15, 0.2) is 0 Å². The molecule has 0 aliphatic carbocycles. The Labute approximate surface area is 151 Å². The lowest BCUT2D eigenvalue weighted by atomic mass is 10.1. The van der Waals surface area contributed by atoms with Crippen LogP contribution in [-0.4, -0.2) is 75.5 Å². The zero-order valence-corrected chi connectivity index (χ0v) is 15.3. The summed E-state index contributed by atoms with van der Waals surface area (Å²) in [5, 5.41) is 6.04. The maximum Gasteiger partial charge on any atom is 0.416 e. The highest BCUT2D eigenvalue weighted by molar-refractivity contribution is 6.23. The van der Waals surface area contributed by atoms with Crippen molar-refractivity contribution in [3.8, 4) is 0 Å². The van der Waals surface area contributed by atoms with Crippen molar-refractivity contribution in [2.45, 2.75) is 26.4 Å². The summed E-state index contributed by atoms with van der Waals surface area (Å²) >= 11 is 0. The first-order valence-electron chi connectivity index (χ1n) is 8.51. The minimum Gasteiger partial charge on any atom is -0.270 e. The summed E-state index contributed by atoms with van der Waals surface area (Å²) in [6, 6.07) is 6.89. The Bertz CT molecular complexity index is 916. The molecule has 3 aliphatic rings. The molecule has 0 radical (unpaired) electrons. The molecule has 8 nitrogen and oxygen atoms in total. The number of amides is 3. The summed E-state index contributed by atoms with van der Waals surface area (Å²) in [7, 11) is 3.46. The normalized spacial score (nSPS) is 22.5. The van der Waals surface area contributed by atoms with Crippen LogP contribution in [0.4, 0.5) is 4.79 Å². The SMILES string of the molecule is CC1=NN(C)C2=[N+](C1)C1C(=O)N(Cc3cccc(C)c3)C(=O)N(C)C1=N2. The summed E-state index contributed by atoms with van der Waals surface area (Å²) in [4.78, 5) is 33.3. The summed E-state index contributed by atoms with van der Waals surface area (Å²) in [6.45, 7) is 4.67. The Kier molecular flexibility index (Phi) is 3.64. The summed E-state index contributed by atoms with van der Waals surface area (Å²) in [6.07, 6.45) is 0. The number of hydrogen-bond acceptors (Lipinski definition) is 5. The Morgan fingerprint density at radius 1 is 1.23 bits per heavy atom. The molecule has 134 valence electrons. The van der Waals surface area contributed by atoms with Gasteiger partial charge < -0.3 is 0 Å². The highest BCUT2D eigenvalue weighted by Crippen LogP contribution is 2.23. The first kappa shape index (κ1) is 16.4. The van der Waals surface area contributed by atoms with Gasteiger partial charge in [0.1, 0.15) is 6.54 Å². The largest absolute Gasteiger partial charge is 0.416 e. The van der Waals surface area contributed by atoms with Crippen molar-refractivity contribution in [3.63, 3.8) is 0 Å². The van der Waals surface area contributed by atoms with Gasteiger partial charge in [-0.05, 0) is 19.4 Å². The second-order valence-corrected chi connectivity index (χ2v) is 6.91. The van der Waals surface area contributed by atoms with Crippen molar-refractivity contribution in [1.29, 1.82) is 0 Å². The molecule has 3 heterocycles. The van der Waals surface area contributed by atoms with Gasteiger partial charge in [-0.3, -0.25) is 14.6 Å². The predicted octanol–water partition coefficient (Wildman–Crippen LogP) is 0.860. The van der Waals surface area contributed by atoms with Crippen LogP contribution in [0.1, 0.15) is 18.1 Å². The van der Waals surface area contributed by atoms with Crippen LogP contribution in [-0.2, 0) is 11.3 Å². The molecule has 1 aromatic carbocycles. The fourth-order valence-electron chi connectivity index (χ4n) is 3.64. The number of benzene rings is 1. The molecule has 0 spiro atoms. The minimum absolute atomic E-state index is 0.244. The van der Waals surface area contributed by atoms with E-state index in [0.29, 0.717) is 18.3 Å². The molecular weight excluding hydrogens is 332 g/mol. The van der Waals surface area contributed by atoms with Crippen molar-refractivity contribution >= 4 is 29.4 Å². The summed E-state index contributed by atoms with van der Waals surface area (Å²) in [5.41, 5.74) is 2.91. The highest BCUT2D eigenvalue weighted by Gasteiger charge is 2.54. The van der Waals surface area contributed by atoms with Gasteiger partial charge in [-0.15, -0.1) is 10.1 Å². The number of guanidine groups is 1. The lowest BCUT2D eigenvalue weighted by molar-refractivity contribution is -0.527. The molecule has 1 unspecified atom stereocenters. The zero-order chi connectivity index (χ0) is 18.6. The monoisotopic (exact) mass is 353 g/mol. The van der Waals surface area contributed by atoms with E-state index in [1.165, 1.54) is 9.80 Å². The van der Waals surface area contributed by atoms with Crippen LogP contribution >= 0.6 is 0 Å². The first-order valence-corrected chi connectivity index (χ1v) is 8.51. The van der Waals surface area contributed by atoms with Crippen LogP contribution in [0.5, 0.6) is 0 Å². The quantitative estimate of drug-likeness (QED) is 0.741. The molecule has 3 aliphatic heterocycles. The third kappa shape index (κ3) is 2.40. The van der Waals surface area contributed by atoms with Gasteiger partial charge in [-0.1, -0.05) is 34.8 Å². The summed E-state index contributed by atoms with van der Waals surface area (Å²) in [5.74, 6) is 0.819. The number of aliphatic imine (C=N–C) groups is 1. The van der Waals surface area contributed by atoms with Gasteiger partial charge in [0, 0.05) is 7.05 Å². The maximum absolute atomic E-state index is 13.2. The smallest absolute Gasteiger partial charge is 0.270 e. The van der Waals surface area contributed by atoms with Crippen molar-refractivity contribution in [2.75, 3.05) is 20.6 Å². The van der Waals surface area contributed by atoms with E-state index < -0.39 is 6.04 Å². The van der Waals surface area contributed by atoms with Gasteiger partial charge >= 0.3 is 12.0 Å². The van der Waals surface area contributed by atoms with Crippen molar-refractivity contribution in [1.82, 2.24) is 14.8 Å². The van der Waals surface area contributed by atoms with Crippen LogP contribution < -0.4 is 0 Å². The van der Waals surface area contributed by atoms with Gasteiger partial charge in [0.25, 0.3) is 5.91 Å². The second-order valence-electron chi connectivity index (χ2n) is 6.91.